The maximum absolute atomic E-state index is 12.4. The first kappa shape index (κ1) is 15.9. The highest BCUT2D eigenvalue weighted by molar-refractivity contribution is 5.97. The maximum Gasteiger partial charge on any atom is 0.349 e. The van der Waals surface area contributed by atoms with Crippen molar-refractivity contribution in [3.8, 4) is 5.75 Å². The Morgan fingerprint density at radius 2 is 2.12 bits per heavy atom. The van der Waals surface area contributed by atoms with Gasteiger partial charge in [0.1, 0.15) is 5.56 Å². The number of carbonyl (C=O) groups excluding carboxylic acids is 1. The van der Waals surface area contributed by atoms with Gasteiger partial charge in [0, 0.05) is 11.6 Å². The molecule has 26 heavy (non-hydrogen) atoms. The maximum atomic E-state index is 12.4. The highest BCUT2D eigenvalue weighted by Gasteiger charge is 2.15. The van der Waals surface area contributed by atoms with Crippen molar-refractivity contribution in [2.75, 3.05) is 7.11 Å². The molecule has 1 aromatic carbocycles. The fourth-order valence-corrected chi connectivity index (χ4v) is 2.78. The number of aromatic nitrogens is 2. The summed E-state index contributed by atoms with van der Waals surface area (Å²) in [6.45, 7) is 0.204. The van der Waals surface area contributed by atoms with Crippen LogP contribution in [0.15, 0.2) is 63.9 Å². The van der Waals surface area contributed by atoms with Crippen molar-refractivity contribution >= 4 is 22.4 Å². The van der Waals surface area contributed by atoms with Crippen molar-refractivity contribution in [3.63, 3.8) is 0 Å². The molecule has 0 radical (unpaired) electrons. The number of nitrogens with zero attached hydrogens (tertiary/aromatic N) is 2. The zero-order valence-corrected chi connectivity index (χ0v) is 13.9. The molecule has 7 nitrogen and oxygen atoms in total. The van der Waals surface area contributed by atoms with E-state index < -0.39 is 11.5 Å². The van der Waals surface area contributed by atoms with Crippen molar-refractivity contribution < 1.29 is 13.9 Å². The number of ether oxygens (including phenoxy) is 1. The van der Waals surface area contributed by atoms with E-state index >= 15 is 0 Å². The molecule has 1 amide bonds. The summed E-state index contributed by atoms with van der Waals surface area (Å²) in [5.74, 6) is -0.0724. The molecule has 0 aliphatic rings. The number of para-hydroxylation sites is 1. The van der Waals surface area contributed by atoms with Crippen LogP contribution >= 0.6 is 0 Å². The van der Waals surface area contributed by atoms with Gasteiger partial charge < -0.3 is 14.5 Å². The number of fused-ring (bicyclic) bond motifs is 2. The molecule has 0 bridgehead atoms. The molecule has 0 fully saturated rings. The van der Waals surface area contributed by atoms with Crippen molar-refractivity contribution in [1.82, 2.24) is 14.9 Å². The lowest BCUT2D eigenvalue weighted by Gasteiger charge is -2.06. The van der Waals surface area contributed by atoms with Gasteiger partial charge in [0.05, 0.1) is 24.9 Å². The summed E-state index contributed by atoms with van der Waals surface area (Å²) >= 11 is 0. The molecule has 0 spiro atoms. The van der Waals surface area contributed by atoms with Gasteiger partial charge in [0.2, 0.25) is 0 Å². The first-order valence-electron chi connectivity index (χ1n) is 7.98. The number of amides is 1. The van der Waals surface area contributed by atoms with Crippen LogP contribution in [0.3, 0.4) is 0 Å². The van der Waals surface area contributed by atoms with Crippen molar-refractivity contribution in [3.05, 3.63) is 76.4 Å². The highest BCUT2D eigenvalue weighted by Crippen LogP contribution is 2.24. The molecule has 130 valence electrons. The summed E-state index contributed by atoms with van der Waals surface area (Å²) in [7, 11) is 1.49. The second-order valence-electron chi connectivity index (χ2n) is 5.71. The molecular formula is C19H15N3O4. The summed E-state index contributed by atoms with van der Waals surface area (Å²) in [6, 6.07) is 14.3. The Bertz CT molecular complexity index is 1140. The number of hydrogen-bond donors (Lipinski definition) is 1. The quantitative estimate of drug-likeness (QED) is 0.572. The standard InChI is InChI=1S/C19H15N3O4/c1-25-16-7-4-5-12-9-15(19(24)26-17(12)16)18(23)20-11-13-10-14-6-2-3-8-22(14)21-13/h2-10H,11H2,1H3,(H,20,23). The Hall–Kier alpha value is -3.61. The normalized spacial score (nSPS) is 11.0. The molecule has 4 aromatic rings. The van der Waals surface area contributed by atoms with E-state index in [1.165, 1.54) is 13.2 Å². The van der Waals surface area contributed by atoms with E-state index in [2.05, 4.69) is 10.4 Å². The Labute approximate surface area is 147 Å². The number of hydrogen-bond acceptors (Lipinski definition) is 5. The summed E-state index contributed by atoms with van der Waals surface area (Å²) in [5.41, 5.74) is 1.16. The van der Waals surface area contributed by atoms with Gasteiger partial charge in [-0.3, -0.25) is 4.79 Å². The van der Waals surface area contributed by atoms with Crippen LogP contribution in [0, 0.1) is 0 Å². The van der Waals surface area contributed by atoms with Gasteiger partial charge >= 0.3 is 5.63 Å². The number of carbonyl (C=O) groups is 1. The van der Waals surface area contributed by atoms with Crippen molar-refractivity contribution in [2.45, 2.75) is 6.54 Å². The minimum atomic E-state index is -0.713. The Kier molecular flexibility index (Phi) is 3.89. The third kappa shape index (κ3) is 2.79. The summed E-state index contributed by atoms with van der Waals surface area (Å²) in [6.07, 6.45) is 1.83. The molecule has 0 atom stereocenters. The first-order valence-corrected chi connectivity index (χ1v) is 7.98. The molecule has 0 aliphatic carbocycles. The summed E-state index contributed by atoms with van der Waals surface area (Å²) in [4.78, 5) is 24.6. The van der Waals surface area contributed by atoms with E-state index in [4.69, 9.17) is 9.15 Å². The van der Waals surface area contributed by atoms with Crippen LogP contribution in [0.2, 0.25) is 0 Å². The number of benzene rings is 1. The minimum Gasteiger partial charge on any atom is -0.493 e. The van der Waals surface area contributed by atoms with E-state index in [0.717, 1.165) is 5.52 Å². The topological polar surface area (TPSA) is 85.8 Å². The van der Waals surface area contributed by atoms with Gasteiger partial charge in [-0.05, 0) is 30.3 Å². The van der Waals surface area contributed by atoms with Crippen molar-refractivity contribution in [1.29, 1.82) is 0 Å². The van der Waals surface area contributed by atoms with Crippen LogP contribution in [-0.2, 0) is 6.54 Å². The average Bonchev–Trinajstić information content (AvgIpc) is 3.08. The Morgan fingerprint density at radius 1 is 1.23 bits per heavy atom. The van der Waals surface area contributed by atoms with Gasteiger partial charge in [0.25, 0.3) is 5.91 Å². The predicted octanol–water partition coefficient (Wildman–Crippen LogP) is 2.38. The van der Waals surface area contributed by atoms with E-state index in [1.54, 1.807) is 22.7 Å². The molecule has 3 aromatic heterocycles. The highest BCUT2D eigenvalue weighted by atomic mass is 16.5. The largest absolute Gasteiger partial charge is 0.493 e. The van der Waals surface area contributed by atoms with E-state index in [0.29, 0.717) is 22.4 Å². The number of methoxy groups -OCH3 is 1. The number of rotatable bonds is 4. The fraction of sp³-hybridized carbons (Fsp3) is 0.105. The van der Waals surface area contributed by atoms with Crippen LogP contribution in [-0.4, -0.2) is 22.6 Å². The monoisotopic (exact) mass is 349 g/mol. The molecule has 0 unspecified atom stereocenters. The van der Waals surface area contributed by atoms with Gasteiger partial charge in [-0.15, -0.1) is 0 Å². The molecule has 1 N–H and O–H groups in total. The van der Waals surface area contributed by atoms with E-state index in [9.17, 15) is 9.59 Å². The Balaban J connectivity index is 1.59. The van der Waals surface area contributed by atoms with E-state index in [-0.39, 0.29) is 12.1 Å². The van der Waals surface area contributed by atoms with Gasteiger partial charge in [-0.2, -0.15) is 5.10 Å². The first-order chi connectivity index (χ1) is 12.7. The van der Waals surface area contributed by atoms with Crippen molar-refractivity contribution in [2.24, 2.45) is 0 Å². The smallest absolute Gasteiger partial charge is 0.349 e. The van der Waals surface area contributed by atoms with E-state index in [1.807, 2.05) is 30.5 Å². The molecule has 4 rings (SSSR count). The molecule has 3 heterocycles. The second kappa shape index (κ2) is 6.36. The molecule has 0 saturated carbocycles. The zero-order valence-electron chi connectivity index (χ0n) is 13.9. The van der Waals surface area contributed by atoms with Crippen LogP contribution in [0.1, 0.15) is 16.1 Å². The lowest BCUT2D eigenvalue weighted by Crippen LogP contribution is -2.28. The zero-order chi connectivity index (χ0) is 18.1. The summed E-state index contributed by atoms with van der Waals surface area (Å²) in [5, 5.41) is 7.67. The van der Waals surface area contributed by atoms with Crippen LogP contribution < -0.4 is 15.7 Å². The lowest BCUT2D eigenvalue weighted by molar-refractivity contribution is 0.0947. The fourth-order valence-electron chi connectivity index (χ4n) is 2.78. The summed E-state index contributed by atoms with van der Waals surface area (Å²) < 4.78 is 12.2. The van der Waals surface area contributed by atoms with Gasteiger partial charge in [0.15, 0.2) is 11.3 Å². The minimum absolute atomic E-state index is 0.0606. The predicted molar refractivity (Wildman–Crippen MR) is 95.4 cm³/mol. The molecule has 7 heteroatoms. The van der Waals surface area contributed by atoms with Crippen LogP contribution in [0.25, 0.3) is 16.5 Å². The van der Waals surface area contributed by atoms with Gasteiger partial charge in [-0.25, -0.2) is 9.31 Å². The number of pyridine rings is 1. The van der Waals surface area contributed by atoms with Crippen LogP contribution in [0.5, 0.6) is 5.75 Å². The molecule has 0 aliphatic heterocycles. The molecular weight excluding hydrogens is 334 g/mol. The third-order valence-corrected chi connectivity index (χ3v) is 4.04. The third-order valence-electron chi connectivity index (χ3n) is 4.04. The average molecular weight is 349 g/mol. The Morgan fingerprint density at radius 3 is 2.92 bits per heavy atom. The van der Waals surface area contributed by atoms with Gasteiger partial charge in [-0.1, -0.05) is 18.2 Å². The van der Waals surface area contributed by atoms with Crippen LogP contribution in [0.4, 0.5) is 0 Å². The lowest BCUT2D eigenvalue weighted by atomic mass is 10.1. The second-order valence-corrected chi connectivity index (χ2v) is 5.71. The molecule has 0 saturated heterocycles. The SMILES string of the molecule is COc1cccc2cc(C(=O)NCc3cc4ccccn4n3)c(=O)oc12. The number of nitrogens with one attached hydrogen (secondary N) is 1.